The van der Waals surface area contributed by atoms with Gasteiger partial charge in [-0.25, -0.2) is 0 Å². The zero-order valence-electron chi connectivity index (χ0n) is 14.9. The number of hydrogen-bond acceptors (Lipinski definition) is 6. The summed E-state index contributed by atoms with van der Waals surface area (Å²) in [5.74, 6) is 0.365. The summed E-state index contributed by atoms with van der Waals surface area (Å²) in [4.78, 5) is 12.5. The SMILES string of the molecule is Cc1ccc(-c2n[nH]c(=S)n2CC(=O)Nc2nnc(-c3ccccc3)s2)cc1. The second kappa shape index (κ2) is 7.83. The van der Waals surface area contributed by atoms with Crippen LogP contribution in [-0.4, -0.2) is 30.9 Å². The first-order chi connectivity index (χ1) is 13.6. The van der Waals surface area contributed by atoms with Gasteiger partial charge in [-0.1, -0.05) is 71.5 Å². The Morgan fingerprint density at radius 1 is 1.11 bits per heavy atom. The summed E-state index contributed by atoms with van der Waals surface area (Å²) in [5, 5.41) is 19.2. The minimum absolute atomic E-state index is 0.0266. The maximum absolute atomic E-state index is 12.5. The maximum Gasteiger partial charge on any atom is 0.246 e. The van der Waals surface area contributed by atoms with Gasteiger partial charge in [-0.3, -0.25) is 19.8 Å². The predicted octanol–water partition coefficient (Wildman–Crippen LogP) is 4.07. The lowest BCUT2D eigenvalue weighted by atomic mass is 10.1. The molecule has 0 bridgehead atoms. The molecule has 0 unspecified atom stereocenters. The van der Waals surface area contributed by atoms with Gasteiger partial charge in [0.1, 0.15) is 11.6 Å². The van der Waals surface area contributed by atoms with Crippen molar-refractivity contribution in [2.75, 3.05) is 5.32 Å². The van der Waals surface area contributed by atoms with E-state index in [1.54, 1.807) is 4.57 Å². The largest absolute Gasteiger partial charge is 0.299 e. The van der Waals surface area contributed by atoms with Crippen LogP contribution in [0, 0.1) is 11.7 Å². The Bertz CT molecular complexity index is 1160. The van der Waals surface area contributed by atoms with Gasteiger partial charge in [0, 0.05) is 11.1 Å². The average Bonchev–Trinajstić information content (AvgIpc) is 3.31. The van der Waals surface area contributed by atoms with Crippen molar-refractivity contribution >= 4 is 34.6 Å². The van der Waals surface area contributed by atoms with Gasteiger partial charge in [0.2, 0.25) is 11.0 Å². The average molecular weight is 409 g/mol. The number of amides is 1. The number of nitrogens with zero attached hydrogens (tertiary/aromatic N) is 4. The maximum atomic E-state index is 12.5. The Morgan fingerprint density at radius 2 is 1.86 bits per heavy atom. The van der Waals surface area contributed by atoms with E-state index in [0.29, 0.717) is 15.7 Å². The molecule has 2 aromatic carbocycles. The Labute approximate surface area is 170 Å². The number of H-pyrrole nitrogens is 1. The van der Waals surface area contributed by atoms with E-state index in [0.717, 1.165) is 21.7 Å². The molecule has 0 atom stereocenters. The fraction of sp³-hybridized carbons (Fsp3) is 0.105. The highest BCUT2D eigenvalue weighted by Crippen LogP contribution is 2.26. The van der Waals surface area contributed by atoms with Crippen LogP contribution in [0.2, 0.25) is 0 Å². The first kappa shape index (κ1) is 18.2. The molecule has 7 nitrogen and oxygen atoms in total. The van der Waals surface area contributed by atoms with Crippen molar-refractivity contribution in [1.82, 2.24) is 25.0 Å². The van der Waals surface area contributed by atoms with Gasteiger partial charge in [-0.15, -0.1) is 10.2 Å². The number of carbonyl (C=O) groups excluding carboxylic acids is 1. The van der Waals surface area contributed by atoms with Crippen LogP contribution in [0.5, 0.6) is 0 Å². The zero-order chi connectivity index (χ0) is 19.5. The summed E-state index contributed by atoms with van der Waals surface area (Å²) in [6.07, 6.45) is 0. The molecule has 0 aliphatic rings. The molecule has 0 spiro atoms. The summed E-state index contributed by atoms with van der Waals surface area (Å²) < 4.78 is 2.04. The number of anilines is 1. The molecule has 2 aromatic heterocycles. The Morgan fingerprint density at radius 3 is 2.61 bits per heavy atom. The van der Waals surface area contributed by atoms with Crippen molar-refractivity contribution < 1.29 is 4.79 Å². The first-order valence-corrected chi connectivity index (χ1v) is 9.73. The van der Waals surface area contributed by atoms with Gasteiger partial charge in [0.05, 0.1) is 0 Å². The smallest absolute Gasteiger partial charge is 0.246 e. The highest BCUT2D eigenvalue weighted by atomic mass is 32.1. The molecule has 1 amide bonds. The summed E-state index contributed by atoms with van der Waals surface area (Å²) in [6.45, 7) is 2.04. The quantitative estimate of drug-likeness (QED) is 0.486. The molecule has 2 N–H and O–H groups in total. The Hall–Kier alpha value is -3.17. The summed E-state index contributed by atoms with van der Waals surface area (Å²) in [7, 11) is 0. The van der Waals surface area contributed by atoms with E-state index in [9.17, 15) is 4.79 Å². The van der Waals surface area contributed by atoms with Gasteiger partial charge in [0.15, 0.2) is 10.6 Å². The van der Waals surface area contributed by atoms with Crippen LogP contribution >= 0.6 is 23.6 Å². The monoisotopic (exact) mass is 408 g/mol. The summed E-state index contributed by atoms with van der Waals surface area (Å²) >= 11 is 6.61. The van der Waals surface area contributed by atoms with Gasteiger partial charge in [-0.2, -0.15) is 5.10 Å². The summed E-state index contributed by atoms with van der Waals surface area (Å²) in [6, 6.07) is 17.6. The topological polar surface area (TPSA) is 88.5 Å². The molecule has 0 radical (unpaired) electrons. The fourth-order valence-electron chi connectivity index (χ4n) is 2.66. The molecule has 0 aliphatic carbocycles. The van der Waals surface area contributed by atoms with Crippen molar-refractivity contribution in [3.05, 3.63) is 64.9 Å². The van der Waals surface area contributed by atoms with E-state index in [1.165, 1.54) is 11.3 Å². The number of aromatic nitrogens is 5. The molecule has 2 heterocycles. The minimum atomic E-state index is -0.248. The lowest BCUT2D eigenvalue weighted by Gasteiger charge is -2.06. The van der Waals surface area contributed by atoms with Crippen LogP contribution < -0.4 is 5.32 Å². The number of carbonyl (C=O) groups is 1. The van der Waals surface area contributed by atoms with Crippen molar-refractivity contribution in [3.63, 3.8) is 0 Å². The van der Waals surface area contributed by atoms with E-state index in [1.807, 2.05) is 61.5 Å². The van der Waals surface area contributed by atoms with E-state index in [4.69, 9.17) is 12.2 Å². The summed E-state index contributed by atoms with van der Waals surface area (Å²) in [5.41, 5.74) is 2.99. The number of hydrogen-bond donors (Lipinski definition) is 2. The third-order valence-corrected chi connectivity index (χ3v) is 5.26. The number of benzene rings is 2. The molecule has 28 heavy (non-hydrogen) atoms. The van der Waals surface area contributed by atoms with Gasteiger partial charge in [0.25, 0.3) is 0 Å². The van der Waals surface area contributed by atoms with Crippen molar-refractivity contribution in [3.8, 4) is 22.0 Å². The van der Waals surface area contributed by atoms with E-state index >= 15 is 0 Å². The van der Waals surface area contributed by atoms with Crippen molar-refractivity contribution in [2.45, 2.75) is 13.5 Å². The third-order valence-electron chi connectivity index (χ3n) is 4.06. The van der Waals surface area contributed by atoms with E-state index in [2.05, 4.69) is 25.7 Å². The van der Waals surface area contributed by atoms with Crippen LogP contribution in [0.1, 0.15) is 5.56 Å². The zero-order valence-corrected chi connectivity index (χ0v) is 16.5. The highest BCUT2D eigenvalue weighted by molar-refractivity contribution is 7.71. The van der Waals surface area contributed by atoms with Gasteiger partial charge < -0.3 is 0 Å². The van der Waals surface area contributed by atoms with Crippen LogP contribution in [0.25, 0.3) is 22.0 Å². The number of aryl methyl sites for hydroxylation is 1. The second-order valence-electron chi connectivity index (χ2n) is 6.13. The van der Waals surface area contributed by atoms with Crippen LogP contribution in [-0.2, 0) is 11.3 Å². The Kier molecular flexibility index (Phi) is 5.09. The van der Waals surface area contributed by atoms with Crippen molar-refractivity contribution in [2.24, 2.45) is 0 Å². The number of nitrogens with one attached hydrogen (secondary N) is 2. The number of aromatic amines is 1. The molecule has 0 fully saturated rings. The molecular formula is C19H16N6OS2. The standard InChI is InChI=1S/C19H16N6OS2/c1-12-7-9-13(10-8-12)16-21-24-19(27)25(16)11-15(26)20-18-23-22-17(28-18)14-5-3-2-4-6-14/h2-10H,11H2,1H3,(H,24,27)(H,20,23,26). The van der Waals surface area contributed by atoms with E-state index < -0.39 is 0 Å². The Balaban J connectivity index is 1.51. The molecule has 4 rings (SSSR count). The molecule has 140 valence electrons. The van der Waals surface area contributed by atoms with Crippen LogP contribution in [0.4, 0.5) is 5.13 Å². The molecule has 0 saturated carbocycles. The fourth-order valence-corrected chi connectivity index (χ4v) is 3.62. The van der Waals surface area contributed by atoms with Gasteiger partial charge in [-0.05, 0) is 19.1 Å². The normalized spacial score (nSPS) is 10.8. The lowest BCUT2D eigenvalue weighted by Crippen LogP contribution is -2.19. The minimum Gasteiger partial charge on any atom is -0.299 e. The molecular weight excluding hydrogens is 392 g/mol. The second-order valence-corrected chi connectivity index (χ2v) is 7.50. The van der Waals surface area contributed by atoms with Crippen LogP contribution in [0.15, 0.2) is 54.6 Å². The molecule has 0 saturated heterocycles. The van der Waals surface area contributed by atoms with Gasteiger partial charge >= 0.3 is 0 Å². The van der Waals surface area contributed by atoms with Crippen LogP contribution in [0.3, 0.4) is 0 Å². The third kappa shape index (κ3) is 3.90. The number of rotatable bonds is 5. The first-order valence-electron chi connectivity index (χ1n) is 8.51. The predicted molar refractivity (Wildman–Crippen MR) is 112 cm³/mol. The molecule has 9 heteroatoms. The highest BCUT2D eigenvalue weighted by Gasteiger charge is 2.14. The molecule has 0 aliphatic heterocycles. The van der Waals surface area contributed by atoms with E-state index in [-0.39, 0.29) is 12.5 Å². The molecule has 4 aromatic rings. The lowest BCUT2D eigenvalue weighted by molar-refractivity contribution is -0.116. The van der Waals surface area contributed by atoms with Crippen molar-refractivity contribution in [1.29, 1.82) is 0 Å².